The minimum Gasteiger partial charge on any atom is -0.372 e. The number of fused-ring (bicyclic) bond motifs is 1. The second-order valence-electron chi connectivity index (χ2n) is 4.79. The lowest BCUT2D eigenvalue weighted by atomic mass is 10.0. The van der Waals surface area contributed by atoms with Gasteiger partial charge in [-0.05, 0) is 37.1 Å². The summed E-state index contributed by atoms with van der Waals surface area (Å²) in [6, 6.07) is 8.41. The molecular formula is C15H18N2O. The van der Waals surface area contributed by atoms with Gasteiger partial charge < -0.3 is 10.1 Å². The van der Waals surface area contributed by atoms with E-state index in [1.807, 2.05) is 6.20 Å². The summed E-state index contributed by atoms with van der Waals surface area (Å²) in [5.74, 6) is 0. The number of rotatable bonds is 1. The topological polar surface area (TPSA) is 34.1 Å². The number of para-hydroxylation sites is 1. The molecule has 1 fully saturated rings. The molecular weight excluding hydrogens is 224 g/mol. The number of aryl methyl sites for hydroxylation is 1. The molecule has 1 atom stereocenters. The van der Waals surface area contributed by atoms with Crippen molar-refractivity contribution in [1.82, 2.24) is 10.3 Å². The average molecular weight is 242 g/mol. The molecule has 1 aliphatic heterocycles. The SMILES string of the molecule is Cc1cccc2c(C3CNCCCO3)ccnc12. The molecule has 0 spiro atoms. The Morgan fingerprint density at radius 1 is 1.33 bits per heavy atom. The zero-order chi connectivity index (χ0) is 12.4. The highest BCUT2D eigenvalue weighted by molar-refractivity contribution is 5.85. The monoisotopic (exact) mass is 242 g/mol. The third-order valence-electron chi connectivity index (χ3n) is 3.50. The fraction of sp³-hybridized carbons (Fsp3) is 0.400. The Hall–Kier alpha value is -1.45. The number of nitrogens with zero attached hydrogens (tertiary/aromatic N) is 1. The van der Waals surface area contributed by atoms with Crippen molar-refractivity contribution in [3.8, 4) is 0 Å². The van der Waals surface area contributed by atoms with Gasteiger partial charge in [-0.15, -0.1) is 0 Å². The van der Waals surface area contributed by atoms with Gasteiger partial charge in [-0.2, -0.15) is 0 Å². The van der Waals surface area contributed by atoms with Crippen molar-refractivity contribution in [3.63, 3.8) is 0 Å². The predicted molar refractivity (Wildman–Crippen MR) is 72.7 cm³/mol. The molecule has 1 aliphatic rings. The Labute approximate surface area is 107 Å². The molecule has 0 radical (unpaired) electrons. The van der Waals surface area contributed by atoms with E-state index < -0.39 is 0 Å². The molecule has 3 nitrogen and oxygen atoms in total. The van der Waals surface area contributed by atoms with Crippen LogP contribution in [0, 0.1) is 6.92 Å². The molecule has 2 aromatic rings. The van der Waals surface area contributed by atoms with Crippen LogP contribution in [0.3, 0.4) is 0 Å². The molecule has 1 aromatic heterocycles. The fourth-order valence-electron chi connectivity index (χ4n) is 2.54. The summed E-state index contributed by atoms with van der Waals surface area (Å²) in [6.07, 6.45) is 3.11. The molecule has 2 heterocycles. The van der Waals surface area contributed by atoms with E-state index in [9.17, 15) is 0 Å². The maximum atomic E-state index is 5.95. The number of hydrogen-bond donors (Lipinski definition) is 1. The van der Waals surface area contributed by atoms with Crippen LogP contribution in [0.25, 0.3) is 10.9 Å². The van der Waals surface area contributed by atoms with E-state index in [0.717, 1.165) is 31.6 Å². The van der Waals surface area contributed by atoms with Crippen LogP contribution in [0.4, 0.5) is 0 Å². The molecule has 3 heteroatoms. The van der Waals surface area contributed by atoms with E-state index in [-0.39, 0.29) is 6.10 Å². The summed E-state index contributed by atoms with van der Waals surface area (Å²) in [6.45, 7) is 4.85. The van der Waals surface area contributed by atoms with Gasteiger partial charge in [-0.25, -0.2) is 0 Å². The zero-order valence-electron chi connectivity index (χ0n) is 10.6. The van der Waals surface area contributed by atoms with Crippen molar-refractivity contribution in [3.05, 3.63) is 41.6 Å². The van der Waals surface area contributed by atoms with Gasteiger partial charge >= 0.3 is 0 Å². The van der Waals surface area contributed by atoms with E-state index in [0.29, 0.717) is 0 Å². The summed E-state index contributed by atoms with van der Waals surface area (Å²) >= 11 is 0. The van der Waals surface area contributed by atoms with Crippen LogP contribution in [0.2, 0.25) is 0 Å². The Bertz CT molecular complexity index is 545. The Balaban J connectivity index is 2.08. The highest BCUT2D eigenvalue weighted by Crippen LogP contribution is 2.27. The lowest BCUT2D eigenvalue weighted by Gasteiger charge is -2.17. The van der Waals surface area contributed by atoms with Gasteiger partial charge in [0.1, 0.15) is 0 Å². The standard InChI is InChI=1S/C15H18N2O/c1-11-4-2-5-13-12(6-8-17-15(11)13)14-10-16-7-3-9-18-14/h2,4-6,8,14,16H,3,7,9-10H2,1H3. The van der Waals surface area contributed by atoms with E-state index in [1.165, 1.54) is 16.5 Å². The Morgan fingerprint density at radius 3 is 3.22 bits per heavy atom. The van der Waals surface area contributed by atoms with Crippen LogP contribution in [-0.2, 0) is 4.74 Å². The highest BCUT2D eigenvalue weighted by atomic mass is 16.5. The van der Waals surface area contributed by atoms with Gasteiger partial charge in [0.2, 0.25) is 0 Å². The van der Waals surface area contributed by atoms with Gasteiger partial charge in [-0.1, -0.05) is 18.2 Å². The van der Waals surface area contributed by atoms with Gasteiger partial charge in [0.15, 0.2) is 0 Å². The van der Waals surface area contributed by atoms with E-state index in [2.05, 4.69) is 41.5 Å². The highest BCUT2D eigenvalue weighted by Gasteiger charge is 2.17. The van der Waals surface area contributed by atoms with Crippen molar-refractivity contribution >= 4 is 10.9 Å². The molecule has 0 amide bonds. The van der Waals surface area contributed by atoms with Crippen molar-refractivity contribution in [1.29, 1.82) is 0 Å². The van der Waals surface area contributed by atoms with Crippen molar-refractivity contribution in [2.24, 2.45) is 0 Å². The van der Waals surface area contributed by atoms with E-state index in [4.69, 9.17) is 4.74 Å². The van der Waals surface area contributed by atoms with Crippen molar-refractivity contribution in [2.45, 2.75) is 19.4 Å². The summed E-state index contributed by atoms with van der Waals surface area (Å²) in [5.41, 5.74) is 3.55. The first-order valence-electron chi connectivity index (χ1n) is 6.53. The van der Waals surface area contributed by atoms with E-state index in [1.54, 1.807) is 0 Å². The third kappa shape index (κ3) is 2.11. The summed E-state index contributed by atoms with van der Waals surface area (Å²) in [5, 5.41) is 4.64. The molecule has 0 bridgehead atoms. The third-order valence-corrected chi connectivity index (χ3v) is 3.50. The van der Waals surface area contributed by atoms with Crippen LogP contribution in [0.5, 0.6) is 0 Å². The number of pyridine rings is 1. The maximum absolute atomic E-state index is 5.95. The average Bonchev–Trinajstić information content (AvgIpc) is 2.67. The Kier molecular flexibility index (Phi) is 3.26. The Morgan fingerprint density at radius 2 is 2.28 bits per heavy atom. The van der Waals surface area contributed by atoms with E-state index >= 15 is 0 Å². The number of ether oxygens (including phenoxy) is 1. The number of nitrogens with one attached hydrogen (secondary N) is 1. The fourth-order valence-corrected chi connectivity index (χ4v) is 2.54. The maximum Gasteiger partial charge on any atom is 0.0956 e. The molecule has 18 heavy (non-hydrogen) atoms. The summed E-state index contributed by atoms with van der Waals surface area (Å²) in [4.78, 5) is 4.48. The molecule has 3 rings (SSSR count). The second-order valence-corrected chi connectivity index (χ2v) is 4.79. The minimum atomic E-state index is 0.139. The normalized spacial score (nSPS) is 20.8. The lowest BCUT2D eigenvalue weighted by Crippen LogP contribution is -2.20. The van der Waals surface area contributed by atoms with Gasteiger partial charge in [0.05, 0.1) is 11.6 Å². The summed E-state index contributed by atoms with van der Waals surface area (Å²) in [7, 11) is 0. The molecule has 1 aromatic carbocycles. The van der Waals surface area contributed by atoms with Crippen LogP contribution in [0.1, 0.15) is 23.7 Å². The predicted octanol–water partition coefficient (Wildman–Crippen LogP) is 2.59. The first-order valence-corrected chi connectivity index (χ1v) is 6.53. The van der Waals surface area contributed by atoms with Gasteiger partial charge in [0.25, 0.3) is 0 Å². The molecule has 1 N–H and O–H groups in total. The molecule has 1 unspecified atom stereocenters. The number of aromatic nitrogens is 1. The van der Waals surface area contributed by atoms with Crippen LogP contribution in [-0.4, -0.2) is 24.7 Å². The quantitative estimate of drug-likeness (QED) is 0.834. The minimum absolute atomic E-state index is 0.139. The van der Waals surface area contributed by atoms with Gasteiger partial charge in [0, 0.05) is 24.7 Å². The number of benzene rings is 1. The van der Waals surface area contributed by atoms with Gasteiger partial charge in [-0.3, -0.25) is 4.98 Å². The largest absolute Gasteiger partial charge is 0.372 e. The van der Waals surface area contributed by atoms with Crippen LogP contribution in [0.15, 0.2) is 30.5 Å². The smallest absolute Gasteiger partial charge is 0.0956 e. The zero-order valence-corrected chi connectivity index (χ0v) is 10.6. The van der Waals surface area contributed by atoms with Crippen LogP contribution >= 0.6 is 0 Å². The number of hydrogen-bond acceptors (Lipinski definition) is 3. The summed E-state index contributed by atoms with van der Waals surface area (Å²) < 4.78 is 5.95. The lowest BCUT2D eigenvalue weighted by molar-refractivity contribution is 0.0678. The van der Waals surface area contributed by atoms with Crippen molar-refractivity contribution < 1.29 is 4.74 Å². The molecule has 1 saturated heterocycles. The van der Waals surface area contributed by atoms with Crippen LogP contribution < -0.4 is 5.32 Å². The first-order chi connectivity index (χ1) is 8.86. The molecule has 94 valence electrons. The molecule has 0 aliphatic carbocycles. The first kappa shape index (κ1) is 11.6. The second kappa shape index (κ2) is 5.04. The molecule has 0 saturated carbocycles. The van der Waals surface area contributed by atoms with Crippen molar-refractivity contribution in [2.75, 3.05) is 19.7 Å².